The molecule has 0 saturated carbocycles. The minimum absolute atomic E-state index is 0.298. The second kappa shape index (κ2) is 4.52. The number of anilines is 1. The number of alkyl halides is 1. The van der Waals surface area contributed by atoms with Gasteiger partial charge >= 0.3 is 0 Å². The highest BCUT2D eigenvalue weighted by Crippen LogP contribution is 2.42. The lowest BCUT2D eigenvalue weighted by atomic mass is 10.0. The molecule has 4 rings (SSSR count). The molecule has 2 bridgehead atoms. The van der Waals surface area contributed by atoms with E-state index in [1.165, 1.54) is 12.8 Å². The number of phenolic OH excluding ortho intramolecular Hbond substituents is 1. The number of pyridine rings is 1. The Balaban J connectivity index is 1.85. The molecule has 20 heavy (non-hydrogen) atoms. The van der Waals surface area contributed by atoms with E-state index in [1.54, 1.807) is 6.07 Å². The van der Waals surface area contributed by atoms with Gasteiger partial charge in [-0.2, -0.15) is 0 Å². The third kappa shape index (κ3) is 1.84. The molecule has 2 aromatic rings. The molecule has 2 aliphatic heterocycles. The lowest BCUT2D eigenvalue weighted by Gasteiger charge is -2.38. The van der Waals surface area contributed by atoms with Gasteiger partial charge in [-0.05, 0) is 49.3 Å². The van der Waals surface area contributed by atoms with Gasteiger partial charge in [0.05, 0.1) is 0 Å². The van der Waals surface area contributed by atoms with Crippen LogP contribution in [0.5, 0.6) is 5.75 Å². The molecule has 104 valence electrons. The molecule has 0 spiro atoms. The highest BCUT2D eigenvalue weighted by atomic mass is 35.5. The summed E-state index contributed by atoms with van der Waals surface area (Å²) in [7, 11) is 0. The minimum Gasteiger partial charge on any atom is -0.508 e. The van der Waals surface area contributed by atoms with Crippen LogP contribution in [-0.2, 0) is 0 Å². The van der Waals surface area contributed by atoms with Crippen molar-refractivity contribution in [1.82, 2.24) is 4.98 Å². The number of fused-ring (bicyclic) bond motifs is 3. The molecule has 1 aromatic heterocycles. The van der Waals surface area contributed by atoms with Crippen LogP contribution in [-0.4, -0.2) is 27.6 Å². The Morgan fingerprint density at radius 2 is 1.90 bits per heavy atom. The van der Waals surface area contributed by atoms with Crippen molar-refractivity contribution >= 4 is 28.2 Å². The van der Waals surface area contributed by atoms with Gasteiger partial charge in [-0.15, -0.1) is 11.6 Å². The number of hydrogen-bond donors (Lipinski definition) is 1. The van der Waals surface area contributed by atoms with Crippen LogP contribution in [0.1, 0.15) is 25.7 Å². The van der Waals surface area contributed by atoms with Crippen molar-refractivity contribution in [2.45, 2.75) is 43.1 Å². The van der Waals surface area contributed by atoms with Gasteiger partial charge in [0, 0.05) is 29.0 Å². The minimum atomic E-state index is 0.298. The Labute approximate surface area is 123 Å². The first-order valence-electron chi connectivity index (χ1n) is 7.22. The van der Waals surface area contributed by atoms with E-state index in [1.807, 2.05) is 24.4 Å². The average molecular weight is 289 g/mol. The molecule has 2 aliphatic rings. The zero-order valence-corrected chi connectivity index (χ0v) is 11.9. The lowest BCUT2D eigenvalue weighted by Crippen LogP contribution is -2.44. The SMILES string of the molecule is Oc1ccc2ccnc(N3C4CCC3CC(Cl)C4)c2c1. The normalized spacial score (nSPS) is 29.1. The number of halogens is 1. The van der Waals surface area contributed by atoms with Gasteiger partial charge in [0.15, 0.2) is 0 Å². The number of aromatic nitrogens is 1. The molecule has 2 fully saturated rings. The number of phenols is 1. The van der Waals surface area contributed by atoms with Crippen molar-refractivity contribution in [2.24, 2.45) is 0 Å². The first-order valence-corrected chi connectivity index (χ1v) is 7.66. The summed E-state index contributed by atoms with van der Waals surface area (Å²) in [6.45, 7) is 0. The van der Waals surface area contributed by atoms with E-state index in [2.05, 4.69) is 9.88 Å². The van der Waals surface area contributed by atoms with Crippen LogP contribution in [0.15, 0.2) is 30.5 Å². The zero-order chi connectivity index (χ0) is 13.7. The molecule has 4 heteroatoms. The van der Waals surface area contributed by atoms with Gasteiger partial charge in [0.1, 0.15) is 11.6 Å². The molecule has 2 unspecified atom stereocenters. The molecule has 3 heterocycles. The maximum atomic E-state index is 9.78. The third-order valence-corrected chi connectivity index (χ3v) is 5.01. The molecular weight excluding hydrogens is 272 g/mol. The molecule has 0 aliphatic carbocycles. The fourth-order valence-electron chi connectivity index (χ4n) is 3.80. The molecule has 1 N–H and O–H groups in total. The van der Waals surface area contributed by atoms with Crippen LogP contribution in [0, 0.1) is 0 Å². The van der Waals surface area contributed by atoms with Gasteiger partial charge in [-0.25, -0.2) is 4.98 Å². The Morgan fingerprint density at radius 3 is 2.65 bits per heavy atom. The Bertz CT molecular complexity index is 646. The van der Waals surface area contributed by atoms with Crippen LogP contribution >= 0.6 is 11.6 Å². The smallest absolute Gasteiger partial charge is 0.137 e. The predicted octanol–water partition coefficient (Wildman–Crippen LogP) is 3.68. The summed E-state index contributed by atoms with van der Waals surface area (Å²) in [5, 5.41) is 12.2. The second-order valence-corrected chi connectivity index (χ2v) is 6.52. The molecular formula is C16H17ClN2O. The van der Waals surface area contributed by atoms with Gasteiger partial charge in [-0.1, -0.05) is 6.07 Å². The topological polar surface area (TPSA) is 36.4 Å². The van der Waals surface area contributed by atoms with E-state index in [9.17, 15) is 5.11 Å². The number of piperidine rings is 1. The summed E-state index contributed by atoms with van der Waals surface area (Å²) in [4.78, 5) is 7.05. The van der Waals surface area contributed by atoms with E-state index >= 15 is 0 Å². The number of hydrogen-bond acceptors (Lipinski definition) is 3. The summed E-state index contributed by atoms with van der Waals surface area (Å²) in [6.07, 6.45) is 6.33. The fraction of sp³-hybridized carbons (Fsp3) is 0.438. The maximum Gasteiger partial charge on any atom is 0.137 e. The van der Waals surface area contributed by atoms with Crippen LogP contribution in [0.25, 0.3) is 10.8 Å². The van der Waals surface area contributed by atoms with Crippen molar-refractivity contribution in [1.29, 1.82) is 0 Å². The summed E-state index contributed by atoms with van der Waals surface area (Å²) >= 11 is 6.36. The average Bonchev–Trinajstić information content (AvgIpc) is 2.70. The van der Waals surface area contributed by atoms with E-state index in [0.717, 1.165) is 29.4 Å². The van der Waals surface area contributed by atoms with Gasteiger partial charge in [0.25, 0.3) is 0 Å². The third-order valence-electron chi connectivity index (χ3n) is 4.65. The van der Waals surface area contributed by atoms with Crippen LogP contribution < -0.4 is 4.90 Å². The summed E-state index contributed by atoms with van der Waals surface area (Å²) < 4.78 is 0. The van der Waals surface area contributed by atoms with Gasteiger partial charge in [0.2, 0.25) is 0 Å². The lowest BCUT2D eigenvalue weighted by molar-refractivity contribution is 0.470. The fourth-order valence-corrected chi connectivity index (χ4v) is 4.21. The Kier molecular flexibility index (Phi) is 2.77. The van der Waals surface area contributed by atoms with E-state index in [4.69, 9.17) is 11.6 Å². The zero-order valence-electron chi connectivity index (χ0n) is 11.2. The Morgan fingerprint density at radius 1 is 1.15 bits per heavy atom. The van der Waals surface area contributed by atoms with E-state index < -0.39 is 0 Å². The van der Waals surface area contributed by atoms with Crippen molar-refractivity contribution in [3.05, 3.63) is 30.5 Å². The quantitative estimate of drug-likeness (QED) is 0.813. The molecule has 0 radical (unpaired) electrons. The number of aromatic hydroxyl groups is 1. The van der Waals surface area contributed by atoms with Crippen LogP contribution in [0.2, 0.25) is 0 Å². The molecule has 3 nitrogen and oxygen atoms in total. The van der Waals surface area contributed by atoms with Crippen molar-refractivity contribution < 1.29 is 5.11 Å². The summed E-state index contributed by atoms with van der Waals surface area (Å²) in [5.74, 6) is 1.31. The largest absolute Gasteiger partial charge is 0.508 e. The number of nitrogens with zero attached hydrogens (tertiary/aromatic N) is 2. The highest BCUT2D eigenvalue weighted by Gasteiger charge is 2.41. The van der Waals surface area contributed by atoms with E-state index in [0.29, 0.717) is 23.2 Å². The monoisotopic (exact) mass is 288 g/mol. The standard InChI is InChI=1S/C16H17ClN2O/c17-11-7-12-2-3-13(8-11)19(12)16-15-9-14(20)4-1-10(15)5-6-18-16/h1,4-6,9,11-13,20H,2-3,7-8H2. The van der Waals surface area contributed by atoms with Crippen LogP contribution in [0.4, 0.5) is 5.82 Å². The Hall–Kier alpha value is -1.48. The summed E-state index contributed by atoms with van der Waals surface area (Å²) in [6, 6.07) is 8.49. The molecule has 0 amide bonds. The molecule has 2 saturated heterocycles. The summed E-state index contributed by atoms with van der Waals surface area (Å²) in [5.41, 5.74) is 0. The van der Waals surface area contributed by atoms with Gasteiger partial charge < -0.3 is 10.0 Å². The second-order valence-electron chi connectivity index (χ2n) is 5.90. The number of rotatable bonds is 1. The first kappa shape index (κ1) is 12.3. The van der Waals surface area contributed by atoms with Crippen molar-refractivity contribution in [3.63, 3.8) is 0 Å². The maximum absolute atomic E-state index is 9.78. The van der Waals surface area contributed by atoms with Crippen molar-refractivity contribution in [2.75, 3.05) is 4.90 Å². The molecule has 2 atom stereocenters. The van der Waals surface area contributed by atoms with Crippen molar-refractivity contribution in [3.8, 4) is 5.75 Å². The predicted molar refractivity (Wildman–Crippen MR) is 81.6 cm³/mol. The number of benzene rings is 1. The van der Waals surface area contributed by atoms with Crippen LogP contribution in [0.3, 0.4) is 0 Å². The first-order chi connectivity index (χ1) is 9.72. The van der Waals surface area contributed by atoms with Gasteiger partial charge in [-0.3, -0.25) is 0 Å². The van der Waals surface area contributed by atoms with E-state index in [-0.39, 0.29) is 0 Å². The highest BCUT2D eigenvalue weighted by molar-refractivity contribution is 6.20. The molecule has 1 aromatic carbocycles.